The zero-order valence-corrected chi connectivity index (χ0v) is 8.50. The van der Waals surface area contributed by atoms with E-state index in [4.69, 9.17) is 5.73 Å². The molecule has 1 aromatic heterocycles. The summed E-state index contributed by atoms with van der Waals surface area (Å²) >= 11 is 0. The van der Waals surface area contributed by atoms with Crippen molar-refractivity contribution in [3.8, 4) is 0 Å². The lowest BCUT2D eigenvalue weighted by Crippen LogP contribution is -2.32. The van der Waals surface area contributed by atoms with Crippen LogP contribution in [0.15, 0.2) is 17.2 Å². The van der Waals surface area contributed by atoms with Gasteiger partial charge in [0.05, 0.1) is 0 Å². The molecule has 14 heavy (non-hydrogen) atoms. The minimum Gasteiger partial charge on any atom is -0.365 e. The quantitative estimate of drug-likeness (QED) is 0.640. The van der Waals surface area contributed by atoms with E-state index in [1.165, 1.54) is 6.20 Å². The van der Waals surface area contributed by atoms with Gasteiger partial charge in [0.15, 0.2) is 5.82 Å². The van der Waals surface area contributed by atoms with Crippen molar-refractivity contribution < 1.29 is 0 Å². The predicted octanol–water partition coefficient (Wildman–Crippen LogP) is 0.167. The van der Waals surface area contributed by atoms with E-state index in [-0.39, 0.29) is 11.0 Å². The molecule has 0 aromatic carbocycles. The van der Waals surface area contributed by atoms with Crippen molar-refractivity contribution in [2.45, 2.75) is 13.8 Å². The maximum atomic E-state index is 11.2. The number of nitrogens with one attached hydrogen (secondary N) is 2. The molecule has 0 amide bonds. The first-order valence-corrected chi connectivity index (χ1v) is 4.53. The third kappa shape index (κ3) is 2.85. The number of aromatic amines is 1. The average molecular weight is 196 g/mol. The van der Waals surface area contributed by atoms with Gasteiger partial charge in [-0.3, -0.25) is 4.79 Å². The van der Waals surface area contributed by atoms with Gasteiger partial charge in [-0.1, -0.05) is 13.8 Å². The first-order valence-electron chi connectivity index (χ1n) is 4.53. The monoisotopic (exact) mass is 196 g/mol. The molecule has 1 rings (SSSR count). The van der Waals surface area contributed by atoms with E-state index in [0.29, 0.717) is 18.9 Å². The predicted molar refractivity (Wildman–Crippen MR) is 56.2 cm³/mol. The molecule has 78 valence electrons. The van der Waals surface area contributed by atoms with Crippen molar-refractivity contribution >= 4 is 5.82 Å². The van der Waals surface area contributed by atoms with Crippen LogP contribution in [0.4, 0.5) is 5.82 Å². The molecule has 1 aromatic rings. The van der Waals surface area contributed by atoms with Crippen LogP contribution in [0.1, 0.15) is 13.8 Å². The Bertz CT molecular complexity index is 345. The van der Waals surface area contributed by atoms with Gasteiger partial charge in [0.2, 0.25) is 0 Å². The number of hydrogen-bond donors (Lipinski definition) is 3. The van der Waals surface area contributed by atoms with Crippen molar-refractivity contribution in [2.75, 3.05) is 18.4 Å². The van der Waals surface area contributed by atoms with Crippen LogP contribution in [0, 0.1) is 5.41 Å². The molecular weight excluding hydrogens is 180 g/mol. The molecule has 4 N–H and O–H groups in total. The third-order valence-corrected chi connectivity index (χ3v) is 1.99. The lowest BCUT2D eigenvalue weighted by Gasteiger charge is -2.22. The molecule has 0 aliphatic rings. The molecule has 0 spiro atoms. The molecule has 0 fully saturated rings. The Morgan fingerprint density at radius 1 is 1.64 bits per heavy atom. The van der Waals surface area contributed by atoms with Crippen LogP contribution in [0.5, 0.6) is 0 Å². The van der Waals surface area contributed by atoms with Crippen molar-refractivity contribution in [3.63, 3.8) is 0 Å². The zero-order chi connectivity index (χ0) is 10.6. The van der Waals surface area contributed by atoms with E-state index in [1.807, 2.05) is 13.8 Å². The van der Waals surface area contributed by atoms with Crippen molar-refractivity contribution in [3.05, 3.63) is 22.7 Å². The molecule has 5 heteroatoms. The number of rotatable bonds is 4. The highest BCUT2D eigenvalue weighted by Crippen LogP contribution is 2.11. The first-order chi connectivity index (χ1) is 6.55. The van der Waals surface area contributed by atoms with Crippen molar-refractivity contribution in [2.24, 2.45) is 11.1 Å². The molecule has 1 heterocycles. The molecule has 0 aliphatic carbocycles. The lowest BCUT2D eigenvalue weighted by molar-refractivity contribution is 0.405. The van der Waals surface area contributed by atoms with Gasteiger partial charge in [-0.15, -0.1) is 0 Å². The Kier molecular flexibility index (Phi) is 3.24. The van der Waals surface area contributed by atoms with Gasteiger partial charge >= 0.3 is 0 Å². The number of anilines is 1. The van der Waals surface area contributed by atoms with Gasteiger partial charge in [-0.05, 0) is 12.0 Å². The van der Waals surface area contributed by atoms with Gasteiger partial charge in [-0.25, -0.2) is 4.98 Å². The van der Waals surface area contributed by atoms with E-state index in [2.05, 4.69) is 15.3 Å². The number of nitrogens with two attached hydrogens (primary N) is 1. The van der Waals surface area contributed by atoms with Crippen LogP contribution in [0.3, 0.4) is 0 Å². The van der Waals surface area contributed by atoms with Crippen molar-refractivity contribution in [1.29, 1.82) is 0 Å². The second-order valence-electron chi connectivity index (χ2n) is 3.99. The van der Waals surface area contributed by atoms with Crippen LogP contribution in [0.2, 0.25) is 0 Å². The van der Waals surface area contributed by atoms with Gasteiger partial charge in [0.1, 0.15) is 0 Å². The summed E-state index contributed by atoms with van der Waals surface area (Å²) in [5, 5.41) is 2.97. The average Bonchev–Trinajstić information content (AvgIpc) is 2.17. The molecule has 0 radical (unpaired) electrons. The molecule has 0 aliphatic heterocycles. The molecule has 5 nitrogen and oxygen atoms in total. The summed E-state index contributed by atoms with van der Waals surface area (Å²) in [4.78, 5) is 17.7. The van der Waals surface area contributed by atoms with E-state index < -0.39 is 0 Å². The lowest BCUT2D eigenvalue weighted by atomic mass is 9.94. The molecule has 0 bridgehead atoms. The smallest absolute Gasteiger partial charge is 0.290 e. The second-order valence-corrected chi connectivity index (χ2v) is 3.99. The summed E-state index contributed by atoms with van der Waals surface area (Å²) in [5.41, 5.74) is 5.32. The summed E-state index contributed by atoms with van der Waals surface area (Å²) in [5.74, 6) is 0.342. The Balaban J connectivity index is 2.63. The largest absolute Gasteiger partial charge is 0.365 e. The fourth-order valence-electron chi connectivity index (χ4n) is 0.873. The van der Waals surface area contributed by atoms with Gasteiger partial charge in [0.25, 0.3) is 5.56 Å². The highest BCUT2D eigenvalue weighted by atomic mass is 16.1. The minimum absolute atomic E-state index is 0.0377. The Hall–Kier alpha value is -1.36. The summed E-state index contributed by atoms with van der Waals surface area (Å²) < 4.78 is 0. The topological polar surface area (TPSA) is 83.8 Å². The molecule has 0 saturated carbocycles. The Morgan fingerprint density at radius 3 is 2.93 bits per heavy atom. The van der Waals surface area contributed by atoms with Crippen LogP contribution in [-0.4, -0.2) is 23.1 Å². The van der Waals surface area contributed by atoms with E-state index in [9.17, 15) is 4.79 Å². The molecular formula is C9H16N4O. The van der Waals surface area contributed by atoms with E-state index in [0.717, 1.165) is 0 Å². The van der Waals surface area contributed by atoms with E-state index >= 15 is 0 Å². The molecule has 0 saturated heterocycles. The Labute approximate surface area is 82.7 Å². The highest BCUT2D eigenvalue weighted by molar-refractivity contribution is 5.30. The second kappa shape index (κ2) is 4.23. The fraction of sp³-hybridized carbons (Fsp3) is 0.556. The third-order valence-electron chi connectivity index (χ3n) is 1.99. The summed E-state index contributed by atoms with van der Waals surface area (Å²) in [6.45, 7) is 5.24. The number of H-pyrrole nitrogens is 1. The molecule has 0 unspecified atom stereocenters. The van der Waals surface area contributed by atoms with Crippen molar-refractivity contribution in [1.82, 2.24) is 9.97 Å². The van der Waals surface area contributed by atoms with Crippen LogP contribution in [0.25, 0.3) is 0 Å². The minimum atomic E-state index is -0.208. The standard InChI is InChI=1S/C9H16N4O/c1-9(2,5-10)6-13-7-8(14)12-4-3-11-7/h3-4H,5-6,10H2,1-2H3,(H,11,13)(H,12,14). The van der Waals surface area contributed by atoms with Crippen LogP contribution < -0.4 is 16.6 Å². The molecule has 0 atom stereocenters. The SMILES string of the molecule is CC(C)(CN)CNc1ncc[nH]c1=O. The maximum Gasteiger partial charge on any atom is 0.290 e. The Morgan fingerprint density at radius 2 is 2.36 bits per heavy atom. The van der Waals surface area contributed by atoms with Gasteiger partial charge < -0.3 is 16.0 Å². The summed E-state index contributed by atoms with van der Waals surface area (Å²) in [7, 11) is 0. The number of hydrogen-bond acceptors (Lipinski definition) is 4. The van der Waals surface area contributed by atoms with E-state index in [1.54, 1.807) is 6.20 Å². The highest BCUT2D eigenvalue weighted by Gasteiger charge is 2.15. The zero-order valence-electron chi connectivity index (χ0n) is 8.50. The fourth-order valence-corrected chi connectivity index (χ4v) is 0.873. The van der Waals surface area contributed by atoms with Crippen LogP contribution >= 0.6 is 0 Å². The number of nitrogens with zero attached hydrogens (tertiary/aromatic N) is 1. The normalized spacial score (nSPS) is 11.4. The first kappa shape index (κ1) is 10.7. The van der Waals surface area contributed by atoms with Gasteiger partial charge in [-0.2, -0.15) is 0 Å². The van der Waals surface area contributed by atoms with Crippen LogP contribution in [-0.2, 0) is 0 Å². The maximum absolute atomic E-state index is 11.2. The van der Waals surface area contributed by atoms with Gasteiger partial charge in [0, 0.05) is 18.9 Å². The summed E-state index contributed by atoms with van der Waals surface area (Å²) in [6, 6.07) is 0. The summed E-state index contributed by atoms with van der Waals surface area (Å²) in [6.07, 6.45) is 3.04. The number of aromatic nitrogens is 2.